The first kappa shape index (κ1) is 23.0. The van der Waals surface area contributed by atoms with Crippen LogP contribution in [0, 0.1) is 17.0 Å². The summed E-state index contributed by atoms with van der Waals surface area (Å²) in [4.78, 5) is 19.9. The summed E-state index contributed by atoms with van der Waals surface area (Å²) in [7, 11) is 0. The number of nitrogens with one attached hydrogen (secondary N) is 1. The summed E-state index contributed by atoms with van der Waals surface area (Å²) < 4.78 is 35.2. The minimum Gasteiger partial charge on any atom is -0.480 e. The second kappa shape index (κ2) is 9.00. The summed E-state index contributed by atoms with van der Waals surface area (Å²) in [5.41, 5.74) is 0.908. The largest absolute Gasteiger partial charge is 0.480 e. The van der Waals surface area contributed by atoms with Crippen LogP contribution >= 0.6 is 0 Å². The lowest BCUT2D eigenvalue weighted by molar-refractivity contribution is -0.140. The maximum atomic E-state index is 14.5. The zero-order valence-corrected chi connectivity index (χ0v) is 18.7. The molecular formula is C23H22F2N6O3. The molecule has 3 aromatic heterocycles. The van der Waals surface area contributed by atoms with Gasteiger partial charge in [0.15, 0.2) is 17.5 Å². The van der Waals surface area contributed by atoms with Crippen LogP contribution in [0.4, 0.5) is 14.6 Å². The Balaban J connectivity index is 1.74. The van der Waals surface area contributed by atoms with Crippen molar-refractivity contribution in [2.24, 2.45) is 5.41 Å². The first-order valence-corrected chi connectivity index (χ1v) is 10.4. The number of hydrogen-bond donors (Lipinski definition) is 2. The zero-order valence-electron chi connectivity index (χ0n) is 18.7. The molecule has 34 heavy (non-hydrogen) atoms. The molecule has 176 valence electrons. The van der Waals surface area contributed by atoms with Gasteiger partial charge in [-0.3, -0.25) is 4.68 Å². The Morgan fingerprint density at radius 3 is 2.59 bits per heavy atom. The molecule has 0 spiro atoms. The van der Waals surface area contributed by atoms with E-state index in [1.165, 1.54) is 17.0 Å². The number of aromatic nitrogens is 5. The normalized spacial score (nSPS) is 12.5. The third-order valence-corrected chi connectivity index (χ3v) is 5.13. The molecule has 0 aliphatic carbocycles. The molecule has 0 radical (unpaired) electrons. The third-order valence-electron chi connectivity index (χ3n) is 5.13. The lowest BCUT2D eigenvalue weighted by Crippen LogP contribution is -2.41. The maximum absolute atomic E-state index is 14.5. The highest BCUT2D eigenvalue weighted by Gasteiger charge is 2.32. The maximum Gasteiger partial charge on any atom is 0.326 e. The van der Waals surface area contributed by atoms with Gasteiger partial charge >= 0.3 is 5.97 Å². The number of halogens is 2. The van der Waals surface area contributed by atoms with Crippen molar-refractivity contribution < 1.29 is 23.2 Å². The zero-order chi connectivity index (χ0) is 24.5. The average Bonchev–Trinajstić information content (AvgIpc) is 3.43. The SMILES string of the molecule is CC(C)(C)C(Nc1nc(-c2cc(-c3ccon3)n(Cc3ccccc3F)n2)ncc1F)C(=O)O. The average molecular weight is 468 g/mol. The van der Waals surface area contributed by atoms with Crippen LogP contribution in [0.3, 0.4) is 0 Å². The Morgan fingerprint density at radius 2 is 1.94 bits per heavy atom. The quantitative estimate of drug-likeness (QED) is 0.414. The third kappa shape index (κ3) is 4.77. The standard InChI is InChI=1S/C23H22F2N6O3/c1-23(2,3)19(22(32)33)27-20-15(25)11-26-21(28-20)17-10-18(16-8-9-34-30-16)31(29-17)12-13-6-4-5-7-14(13)24/h4-11,19H,12H2,1-3H3,(H,32,33)(H,26,27,28). The monoisotopic (exact) mass is 468 g/mol. The number of rotatable bonds is 7. The van der Waals surface area contributed by atoms with Gasteiger partial charge < -0.3 is 14.9 Å². The summed E-state index contributed by atoms with van der Waals surface area (Å²) >= 11 is 0. The van der Waals surface area contributed by atoms with Gasteiger partial charge in [-0.15, -0.1) is 0 Å². The number of carboxylic acid groups (broad SMARTS) is 1. The number of hydrogen-bond acceptors (Lipinski definition) is 7. The van der Waals surface area contributed by atoms with Crippen LogP contribution < -0.4 is 5.32 Å². The predicted octanol–water partition coefficient (Wildman–Crippen LogP) is 4.23. The molecular weight excluding hydrogens is 446 g/mol. The summed E-state index contributed by atoms with van der Waals surface area (Å²) in [6.45, 7) is 5.24. The van der Waals surface area contributed by atoms with E-state index in [9.17, 15) is 18.7 Å². The van der Waals surface area contributed by atoms with Gasteiger partial charge in [0, 0.05) is 11.6 Å². The van der Waals surface area contributed by atoms with Crippen LogP contribution in [0.1, 0.15) is 26.3 Å². The van der Waals surface area contributed by atoms with Gasteiger partial charge in [-0.05, 0) is 17.5 Å². The van der Waals surface area contributed by atoms with E-state index < -0.39 is 29.1 Å². The number of benzene rings is 1. The van der Waals surface area contributed by atoms with Gasteiger partial charge in [-0.25, -0.2) is 23.5 Å². The smallest absolute Gasteiger partial charge is 0.326 e. The van der Waals surface area contributed by atoms with Crippen molar-refractivity contribution in [3.05, 3.63) is 66.1 Å². The molecule has 0 amide bonds. The molecule has 3 heterocycles. The fourth-order valence-electron chi connectivity index (χ4n) is 3.36. The Morgan fingerprint density at radius 1 is 1.18 bits per heavy atom. The lowest BCUT2D eigenvalue weighted by atomic mass is 9.87. The van der Waals surface area contributed by atoms with E-state index in [0.29, 0.717) is 17.0 Å². The van der Waals surface area contributed by atoms with E-state index in [4.69, 9.17) is 4.52 Å². The van der Waals surface area contributed by atoms with Crippen molar-refractivity contribution in [2.75, 3.05) is 5.32 Å². The van der Waals surface area contributed by atoms with E-state index >= 15 is 0 Å². The van der Waals surface area contributed by atoms with Gasteiger partial charge in [-0.2, -0.15) is 5.10 Å². The Bertz CT molecular complexity index is 1310. The van der Waals surface area contributed by atoms with E-state index in [1.54, 1.807) is 51.1 Å². The molecule has 0 aliphatic rings. The highest BCUT2D eigenvalue weighted by molar-refractivity contribution is 5.78. The Labute approximate surface area is 193 Å². The summed E-state index contributed by atoms with van der Waals surface area (Å²) in [6.07, 6.45) is 2.34. The van der Waals surface area contributed by atoms with E-state index in [1.807, 2.05) is 0 Å². The predicted molar refractivity (Wildman–Crippen MR) is 119 cm³/mol. The van der Waals surface area contributed by atoms with Crippen LogP contribution in [0.15, 0.2) is 53.4 Å². The highest BCUT2D eigenvalue weighted by atomic mass is 19.1. The molecule has 0 saturated carbocycles. The molecule has 4 rings (SSSR count). The molecule has 0 fully saturated rings. The number of carbonyl (C=O) groups is 1. The van der Waals surface area contributed by atoms with E-state index in [0.717, 1.165) is 6.20 Å². The van der Waals surface area contributed by atoms with Crippen LogP contribution in [0.25, 0.3) is 22.9 Å². The van der Waals surface area contributed by atoms with Crippen molar-refractivity contribution in [1.29, 1.82) is 0 Å². The van der Waals surface area contributed by atoms with E-state index in [2.05, 4.69) is 25.5 Å². The van der Waals surface area contributed by atoms with Gasteiger partial charge in [0.05, 0.1) is 18.4 Å². The summed E-state index contributed by atoms with van der Waals surface area (Å²) in [5.74, 6) is -2.55. The molecule has 4 aromatic rings. The highest BCUT2D eigenvalue weighted by Crippen LogP contribution is 2.28. The van der Waals surface area contributed by atoms with Gasteiger partial charge in [0.2, 0.25) is 0 Å². The van der Waals surface area contributed by atoms with Crippen molar-refractivity contribution in [3.8, 4) is 22.9 Å². The first-order chi connectivity index (χ1) is 16.1. The van der Waals surface area contributed by atoms with Crippen LogP contribution in [-0.4, -0.2) is 42.0 Å². The van der Waals surface area contributed by atoms with Gasteiger partial charge in [0.1, 0.15) is 29.5 Å². The second-order valence-corrected chi connectivity index (χ2v) is 8.72. The van der Waals surface area contributed by atoms with Crippen molar-refractivity contribution in [1.82, 2.24) is 24.9 Å². The number of carboxylic acids is 1. The number of anilines is 1. The molecule has 0 aliphatic heterocycles. The van der Waals surface area contributed by atoms with Crippen molar-refractivity contribution >= 4 is 11.8 Å². The Hall–Kier alpha value is -4.15. The molecule has 0 saturated heterocycles. The van der Waals surface area contributed by atoms with Crippen LogP contribution in [0.2, 0.25) is 0 Å². The topological polar surface area (TPSA) is 119 Å². The fraction of sp³-hybridized carbons (Fsp3) is 0.261. The Kier molecular flexibility index (Phi) is 6.10. The van der Waals surface area contributed by atoms with Crippen LogP contribution in [0.5, 0.6) is 0 Å². The molecule has 2 N–H and O–H groups in total. The molecule has 1 aromatic carbocycles. The molecule has 1 atom stereocenters. The van der Waals surface area contributed by atoms with Gasteiger partial charge in [-0.1, -0.05) is 44.1 Å². The number of aliphatic carboxylic acids is 1. The molecule has 1 unspecified atom stereocenters. The van der Waals surface area contributed by atoms with Gasteiger partial charge in [0.25, 0.3) is 0 Å². The van der Waals surface area contributed by atoms with E-state index in [-0.39, 0.29) is 23.9 Å². The fourth-order valence-corrected chi connectivity index (χ4v) is 3.36. The lowest BCUT2D eigenvalue weighted by Gasteiger charge is -2.28. The molecule has 11 heteroatoms. The van der Waals surface area contributed by atoms with Crippen LogP contribution in [-0.2, 0) is 11.3 Å². The minimum absolute atomic E-state index is 0.0546. The second-order valence-electron chi connectivity index (χ2n) is 8.72. The van der Waals surface area contributed by atoms with Crippen molar-refractivity contribution in [2.45, 2.75) is 33.4 Å². The van der Waals surface area contributed by atoms with Crippen molar-refractivity contribution in [3.63, 3.8) is 0 Å². The molecule has 0 bridgehead atoms. The molecule has 9 nitrogen and oxygen atoms in total. The minimum atomic E-state index is -1.14. The first-order valence-electron chi connectivity index (χ1n) is 10.4. The number of nitrogens with zero attached hydrogens (tertiary/aromatic N) is 5. The summed E-state index contributed by atoms with van der Waals surface area (Å²) in [5, 5.41) is 20.6. The summed E-state index contributed by atoms with van der Waals surface area (Å²) in [6, 6.07) is 8.44.